The van der Waals surface area contributed by atoms with Crippen molar-refractivity contribution >= 4 is 16.4 Å². The molecule has 0 N–H and O–H groups in total. The van der Waals surface area contributed by atoms with Crippen molar-refractivity contribution in [2.24, 2.45) is 5.41 Å². The van der Waals surface area contributed by atoms with E-state index in [-0.39, 0.29) is 16.4 Å². The largest absolute Gasteiger partial charge is 0.304 e. The summed E-state index contributed by atoms with van der Waals surface area (Å²) in [6, 6.07) is 8.27. The summed E-state index contributed by atoms with van der Waals surface area (Å²) in [5.41, 5.74) is 4.36. The van der Waals surface area contributed by atoms with Crippen LogP contribution in [-0.4, -0.2) is 9.38 Å². The number of aromatic nitrogens is 2. The van der Waals surface area contributed by atoms with Crippen LogP contribution in [-0.2, 0) is 5.41 Å². The topological polar surface area (TPSA) is 34.4 Å². The van der Waals surface area contributed by atoms with Crippen molar-refractivity contribution in [3.63, 3.8) is 0 Å². The molecule has 2 bridgehead atoms. The standard InChI is InChI=1S/C21H22N2O/c1-12-11-23-17-16(15-9-10-21(17,4)20(15,2)3)19(24)22-18(23)14-8-6-5-7-13(12)14/h5-8,11,15H,9-10H2,1-4H3. The van der Waals surface area contributed by atoms with E-state index in [0.717, 1.165) is 29.4 Å². The number of benzene rings is 1. The zero-order valence-corrected chi connectivity index (χ0v) is 14.7. The molecule has 3 nitrogen and oxygen atoms in total. The molecule has 0 aliphatic heterocycles. The van der Waals surface area contributed by atoms with E-state index in [0.29, 0.717) is 5.92 Å². The van der Waals surface area contributed by atoms with Crippen LogP contribution in [0.5, 0.6) is 0 Å². The van der Waals surface area contributed by atoms with Crippen LogP contribution in [0.15, 0.2) is 35.3 Å². The second kappa shape index (κ2) is 4.08. The van der Waals surface area contributed by atoms with E-state index in [1.165, 1.54) is 16.6 Å². The summed E-state index contributed by atoms with van der Waals surface area (Å²) in [5.74, 6) is 0.334. The van der Waals surface area contributed by atoms with Gasteiger partial charge in [0.2, 0.25) is 0 Å². The Balaban J connectivity index is 2.04. The number of fused-ring (bicyclic) bond motifs is 9. The highest BCUT2D eigenvalue weighted by Crippen LogP contribution is 2.66. The zero-order valence-electron chi connectivity index (χ0n) is 14.7. The number of hydrogen-bond acceptors (Lipinski definition) is 2. The third-order valence-corrected chi connectivity index (χ3v) is 7.18. The van der Waals surface area contributed by atoms with Crippen molar-refractivity contribution in [2.75, 3.05) is 0 Å². The lowest BCUT2D eigenvalue weighted by molar-refractivity contribution is 0.226. The molecule has 122 valence electrons. The lowest BCUT2D eigenvalue weighted by Gasteiger charge is -2.35. The Morgan fingerprint density at radius 2 is 1.88 bits per heavy atom. The van der Waals surface area contributed by atoms with Crippen LogP contribution in [0, 0.1) is 12.3 Å². The van der Waals surface area contributed by atoms with E-state index in [9.17, 15) is 4.79 Å². The smallest absolute Gasteiger partial charge is 0.277 e. The average molecular weight is 318 g/mol. The highest BCUT2D eigenvalue weighted by atomic mass is 16.1. The summed E-state index contributed by atoms with van der Waals surface area (Å²) in [6.07, 6.45) is 4.44. The summed E-state index contributed by atoms with van der Waals surface area (Å²) in [6.45, 7) is 9.14. The van der Waals surface area contributed by atoms with Gasteiger partial charge in [-0.1, -0.05) is 45.0 Å². The SMILES string of the molecule is Cc1cn2c3c(c(=O)nc2c2ccccc12)C1CCC3(C)C1(C)C. The van der Waals surface area contributed by atoms with Gasteiger partial charge in [-0.3, -0.25) is 4.79 Å². The molecule has 2 atom stereocenters. The monoisotopic (exact) mass is 318 g/mol. The predicted molar refractivity (Wildman–Crippen MR) is 96.8 cm³/mol. The maximum atomic E-state index is 12.9. The van der Waals surface area contributed by atoms with Gasteiger partial charge in [0.15, 0.2) is 0 Å². The van der Waals surface area contributed by atoms with Crippen LogP contribution >= 0.6 is 0 Å². The number of pyridine rings is 1. The van der Waals surface area contributed by atoms with E-state index >= 15 is 0 Å². The van der Waals surface area contributed by atoms with Gasteiger partial charge in [0.05, 0.1) is 0 Å². The molecular weight excluding hydrogens is 296 g/mol. The first-order valence-electron chi connectivity index (χ1n) is 8.81. The van der Waals surface area contributed by atoms with Gasteiger partial charge in [-0.15, -0.1) is 0 Å². The molecule has 1 fully saturated rings. The molecule has 0 saturated heterocycles. The van der Waals surface area contributed by atoms with Gasteiger partial charge in [0, 0.05) is 28.3 Å². The Kier molecular flexibility index (Phi) is 2.41. The molecule has 2 unspecified atom stereocenters. The number of hydrogen-bond donors (Lipinski definition) is 0. The van der Waals surface area contributed by atoms with Crippen molar-refractivity contribution < 1.29 is 0 Å². The molecule has 24 heavy (non-hydrogen) atoms. The molecule has 0 spiro atoms. The van der Waals surface area contributed by atoms with Gasteiger partial charge < -0.3 is 4.40 Å². The second-order valence-electron chi connectivity index (χ2n) is 8.38. The summed E-state index contributed by atoms with van der Waals surface area (Å²) in [7, 11) is 0. The normalized spacial score (nSPS) is 27.1. The molecule has 3 aromatic rings. The number of aryl methyl sites for hydroxylation is 1. The summed E-state index contributed by atoms with van der Waals surface area (Å²) in [5, 5.41) is 2.25. The predicted octanol–water partition coefficient (Wildman–Crippen LogP) is 4.33. The van der Waals surface area contributed by atoms with Crippen LogP contribution in [0.1, 0.15) is 56.4 Å². The maximum Gasteiger partial charge on any atom is 0.277 e. The van der Waals surface area contributed by atoms with Crippen LogP contribution in [0.25, 0.3) is 16.4 Å². The van der Waals surface area contributed by atoms with Gasteiger partial charge in [-0.2, -0.15) is 4.98 Å². The van der Waals surface area contributed by atoms with Crippen LogP contribution in [0.2, 0.25) is 0 Å². The van der Waals surface area contributed by atoms with Crippen LogP contribution < -0.4 is 5.56 Å². The third-order valence-electron chi connectivity index (χ3n) is 7.18. The summed E-state index contributed by atoms with van der Waals surface area (Å²) >= 11 is 0. The quantitative estimate of drug-likeness (QED) is 0.578. The highest BCUT2D eigenvalue weighted by Gasteiger charge is 2.61. The van der Waals surface area contributed by atoms with E-state index in [1.54, 1.807) is 0 Å². The van der Waals surface area contributed by atoms with E-state index in [1.807, 2.05) is 12.1 Å². The van der Waals surface area contributed by atoms with Crippen molar-refractivity contribution in [1.82, 2.24) is 9.38 Å². The zero-order chi connectivity index (χ0) is 16.9. The van der Waals surface area contributed by atoms with Crippen molar-refractivity contribution in [3.8, 4) is 0 Å². The first kappa shape index (κ1) is 14.2. The average Bonchev–Trinajstić information content (AvgIpc) is 2.88. The van der Waals surface area contributed by atoms with Gasteiger partial charge in [-0.05, 0) is 42.0 Å². The Bertz CT molecular complexity index is 1090. The minimum atomic E-state index is -0.0134. The summed E-state index contributed by atoms with van der Waals surface area (Å²) in [4.78, 5) is 17.5. The van der Waals surface area contributed by atoms with Gasteiger partial charge in [-0.25, -0.2) is 0 Å². The van der Waals surface area contributed by atoms with Crippen molar-refractivity contribution in [3.05, 3.63) is 57.6 Å². The third kappa shape index (κ3) is 1.36. The minimum Gasteiger partial charge on any atom is -0.304 e. The van der Waals surface area contributed by atoms with E-state index in [4.69, 9.17) is 0 Å². The Morgan fingerprint density at radius 1 is 1.17 bits per heavy atom. The van der Waals surface area contributed by atoms with Gasteiger partial charge in [0.1, 0.15) is 5.65 Å². The van der Waals surface area contributed by atoms with Crippen molar-refractivity contribution in [1.29, 1.82) is 0 Å². The van der Waals surface area contributed by atoms with Crippen LogP contribution in [0.4, 0.5) is 0 Å². The Morgan fingerprint density at radius 3 is 2.62 bits per heavy atom. The van der Waals surface area contributed by atoms with Gasteiger partial charge in [0.25, 0.3) is 5.56 Å². The fraction of sp³-hybridized carbons (Fsp3) is 0.429. The van der Waals surface area contributed by atoms with E-state index in [2.05, 4.69) is 55.4 Å². The fourth-order valence-corrected chi connectivity index (χ4v) is 5.45. The Labute approximate surface area is 141 Å². The lowest BCUT2D eigenvalue weighted by atomic mass is 9.70. The molecule has 1 saturated carbocycles. The lowest BCUT2D eigenvalue weighted by Crippen LogP contribution is -2.33. The van der Waals surface area contributed by atoms with E-state index < -0.39 is 0 Å². The maximum absolute atomic E-state index is 12.9. The molecule has 2 aliphatic rings. The minimum absolute atomic E-state index is 0.0134. The molecule has 2 aliphatic carbocycles. The second-order valence-corrected chi connectivity index (χ2v) is 8.38. The molecule has 5 rings (SSSR count). The number of nitrogens with zero attached hydrogens (tertiary/aromatic N) is 2. The molecular formula is C21H22N2O. The molecule has 1 aromatic carbocycles. The molecule has 2 aromatic heterocycles. The Hall–Kier alpha value is -2.16. The van der Waals surface area contributed by atoms with Crippen LogP contribution in [0.3, 0.4) is 0 Å². The van der Waals surface area contributed by atoms with Crippen molar-refractivity contribution in [2.45, 2.75) is 51.9 Å². The fourth-order valence-electron chi connectivity index (χ4n) is 5.45. The molecule has 2 heterocycles. The first-order valence-corrected chi connectivity index (χ1v) is 8.81. The molecule has 0 amide bonds. The summed E-state index contributed by atoms with van der Waals surface area (Å²) < 4.78 is 2.23. The molecule has 3 heteroatoms. The first-order chi connectivity index (χ1) is 11.4. The number of rotatable bonds is 0. The van der Waals surface area contributed by atoms with Gasteiger partial charge >= 0.3 is 0 Å². The highest BCUT2D eigenvalue weighted by molar-refractivity contribution is 5.96. The molecule has 0 radical (unpaired) electrons.